The van der Waals surface area contributed by atoms with Crippen LogP contribution in [-0.2, 0) is 27.2 Å². The second kappa shape index (κ2) is 14.3. The zero-order valence-electron chi connectivity index (χ0n) is 8.91. The molecule has 2 rings (SSSR count). The van der Waals surface area contributed by atoms with Crippen molar-refractivity contribution in [2.45, 2.75) is 0 Å². The summed E-state index contributed by atoms with van der Waals surface area (Å²) in [7, 11) is 0. The fraction of sp³-hybridized carbons (Fsp3) is 0. The quantitative estimate of drug-likeness (QED) is 0.630. The molecule has 0 aliphatic carbocycles. The third-order valence-electron chi connectivity index (χ3n) is 1.28. The van der Waals surface area contributed by atoms with Crippen LogP contribution in [0.3, 0.4) is 0 Å². The van der Waals surface area contributed by atoms with E-state index in [9.17, 15) is 0 Å². The summed E-state index contributed by atoms with van der Waals surface area (Å²) in [5, 5.41) is 0. The molecule has 0 amide bonds. The number of rotatable bonds is 0. The second-order valence-electron chi connectivity index (χ2n) is 2.36. The maximum atomic E-state index is 9.07. The van der Waals surface area contributed by atoms with Gasteiger partial charge in [-0.2, -0.15) is 72.8 Å². The number of hydrogen-bond acceptors (Lipinski definition) is 2. The smallest absolute Gasteiger partial charge is 0.171 e. The van der Waals surface area contributed by atoms with Gasteiger partial charge in [-0.25, -0.2) is 0 Å². The van der Waals surface area contributed by atoms with E-state index in [1.54, 1.807) is 0 Å². The van der Waals surface area contributed by atoms with E-state index < -0.39 is 17.6 Å². The average Bonchev–Trinajstić information content (AvgIpc) is 2.45. The molecule has 0 fully saturated rings. The molecule has 0 N–H and O–H groups in total. The van der Waals surface area contributed by atoms with Crippen molar-refractivity contribution in [1.82, 2.24) is 0 Å². The molecule has 0 saturated carbocycles. The summed E-state index contributed by atoms with van der Waals surface area (Å²) in [6.07, 6.45) is 0. The molecule has 0 heterocycles. The van der Waals surface area contributed by atoms with Crippen LogP contribution in [0, 0.1) is 12.1 Å². The van der Waals surface area contributed by atoms with Crippen molar-refractivity contribution in [3.8, 4) is 0 Å². The van der Waals surface area contributed by atoms with Gasteiger partial charge in [-0.15, -0.1) is 0 Å². The Kier molecular flexibility index (Phi) is 12.8. The van der Waals surface area contributed by atoms with E-state index in [-0.39, 0.29) is 0 Å². The Morgan fingerprint density at radius 2 is 1.00 bits per heavy atom. The first kappa shape index (κ1) is 15.3. The Hall–Kier alpha value is -1.71. The maximum Gasteiger partial charge on any atom is -0.171 e. The summed E-state index contributed by atoms with van der Waals surface area (Å²) >= 11 is -0.988. The summed E-state index contributed by atoms with van der Waals surface area (Å²) in [6.45, 7) is 0. The summed E-state index contributed by atoms with van der Waals surface area (Å²) in [6, 6.07) is 25.0. The Balaban J connectivity index is 0.000000228. The van der Waals surface area contributed by atoms with Crippen molar-refractivity contribution in [3.63, 3.8) is 0 Å². The molecule has 0 bridgehead atoms. The van der Waals surface area contributed by atoms with E-state index in [0.717, 1.165) is 0 Å². The molecule has 0 radical (unpaired) electrons. The maximum absolute atomic E-state index is 9.07. The van der Waals surface area contributed by atoms with Crippen molar-refractivity contribution in [2.75, 3.05) is 0 Å². The molecule has 0 aliphatic heterocycles. The fourth-order valence-electron chi connectivity index (χ4n) is 0.697. The van der Waals surface area contributed by atoms with Crippen LogP contribution in [0.15, 0.2) is 60.7 Å². The van der Waals surface area contributed by atoms with Gasteiger partial charge in [0.1, 0.15) is 0 Å². The molecule has 0 saturated heterocycles. The molecule has 0 spiro atoms. The van der Waals surface area contributed by atoms with Gasteiger partial charge in [0.2, 0.25) is 0 Å². The van der Waals surface area contributed by atoms with E-state index in [4.69, 9.17) is 9.59 Å². The summed E-state index contributed by atoms with van der Waals surface area (Å²) in [5.41, 5.74) is 0. The predicted molar refractivity (Wildman–Crippen MR) is 61.9 cm³/mol. The zero-order valence-corrected chi connectivity index (χ0v) is 11.2. The van der Waals surface area contributed by atoms with E-state index in [1.807, 2.05) is 60.7 Å². The Morgan fingerprint density at radius 3 is 1.06 bits per heavy atom. The third-order valence-corrected chi connectivity index (χ3v) is 1.74. The Labute approximate surface area is 108 Å². The first-order valence-corrected chi connectivity index (χ1v) is 6.82. The van der Waals surface area contributed by atoms with Crippen molar-refractivity contribution in [3.05, 3.63) is 72.8 Å². The first-order chi connectivity index (χ1) is 8.41. The molecule has 0 atom stereocenters. The molecular formula is C14H10O2Pt-2. The summed E-state index contributed by atoms with van der Waals surface area (Å²) in [5.74, 6) is 0. The largest absolute Gasteiger partial charge is 0.184 e. The molecule has 17 heavy (non-hydrogen) atoms. The minimum Gasteiger partial charge on any atom is -0.184 e. The zero-order chi connectivity index (χ0) is 12.6. The summed E-state index contributed by atoms with van der Waals surface area (Å²) < 4.78 is 2.91. The van der Waals surface area contributed by atoms with Crippen LogP contribution in [0.25, 0.3) is 0 Å². The van der Waals surface area contributed by atoms with Crippen LogP contribution in [0.2, 0.25) is 0 Å². The van der Waals surface area contributed by atoms with Gasteiger partial charge in [0.15, 0.2) is 0 Å². The van der Waals surface area contributed by atoms with Crippen molar-refractivity contribution in [1.29, 1.82) is 0 Å². The summed E-state index contributed by atoms with van der Waals surface area (Å²) in [4.78, 5) is 18.1. The predicted octanol–water partition coefficient (Wildman–Crippen LogP) is 2.18. The van der Waals surface area contributed by atoms with Gasteiger partial charge < -0.3 is 0 Å². The van der Waals surface area contributed by atoms with Crippen LogP contribution in [0.5, 0.6) is 0 Å². The molecule has 0 aromatic heterocycles. The average molecular weight is 405 g/mol. The van der Waals surface area contributed by atoms with Crippen LogP contribution in [0.4, 0.5) is 0 Å². The van der Waals surface area contributed by atoms with Gasteiger partial charge in [-0.1, -0.05) is 0 Å². The van der Waals surface area contributed by atoms with Gasteiger partial charge in [-0.05, 0) is 0 Å². The molecule has 0 unspecified atom stereocenters. The molecule has 3 heteroatoms. The molecule has 2 nitrogen and oxygen atoms in total. The van der Waals surface area contributed by atoms with Crippen LogP contribution < -0.4 is 0 Å². The third kappa shape index (κ3) is 14.3. The fourth-order valence-corrected chi connectivity index (χ4v) is 0.792. The minimum absolute atomic E-state index is 0.988. The Bertz CT molecular complexity index is 369. The van der Waals surface area contributed by atoms with Gasteiger partial charge >= 0.3 is 35.8 Å². The molecule has 0 aliphatic rings. The number of carbonyl (C=O) groups excluding carboxylic acids is 2. The van der Waals surface area contributed by atoms with E-state index >= 15 is 0 Å². The first-order valence-electron chi connectivity index (χ1n) is 4.55. The standard InChI is InChI=1S/2C6H5.2CO.Pt/c2*1-2-4-6-5-3-1;2*1-2;/h2*1-5H;;;/q2*-1;;;. The monoisotopic (exact) mass is 405 g/mol. The van der Waals surface area contributed by atoms with Crippen LogP contribution >= 0.6 is 0 Å². The van der Waals surface area contributed by atoms with E-state index in [1.165, 1.54) is 8.53 Å². The van der Waals surface area contributed by atoms with E-state index in [0.29, 0.717) is 0 Å². The van der Waals surface area contributed by atoms with Gasteiger partial charge in [0, 0.05) is 0 Å². The molecule has 2 aromatic carbocycles. The molecule has 2 aromatic rings. The van der Waals surface area contributed by atoms with Crippen LogP contribution in [-0.4, -0.2) is 8.53 Å². The van der Waals surface area contributed by atoms with E-state index in [2.05, 4.69) is 12.1 Å². The topological polar surface area (TPSA) is 34.1 Å². The minimum atomic E-state index is -0.988. The number of benzene rings is 2. The van der Waals surface area contributed by atoms with Crippen molar-refractivity contribution >= 4 is 8.53 Å². The van der Waals surface area contributed by atoms with Gasteiger partial charge in [0.25, 0.3) is 0 Å². The Morgan fingerprint density at radius 1 is 0.647 bits per heavy atom. The number of hydrogen-bond donors (Lipinski definition) is 0. The van der Waals surface area contributed by atoms with Crippen molar-refractivity contribution in [2.24, 2.45) is 0 Å². The van der Waals surface area contributed by atoms with Crippen LogP contribution in [0.1, 0.15) is 0 Å². The van der Waals surface area contributed by atoms with Gasteiger partial charge in [-0.3, -0.25) is 0 Å². The molecular weight excluding hydrogens is 395 g/mol. The second-order valence-corrected chi connectivity index (χ2v) is 3.86. The molecule has 90 valence electrons. The SMILES string of the molecule is O=[C]=[Pt]=[C]=O.[c-]1ccccc1.[c-]1ccccc1. The van der Waals surface area contributed by atoms with Crippen molar-refractivity contribution < 1.29 is 27.2 Å². The van der Waals surface area contributed by atoms with Gasteiger partial charge in [0.05, 0.1) is 0 Å². The normalized spacial score (nSPS) is 7.29.